The Morgan fingerprint density at radius 3 is 2.53 bits per heavy atom. The highest BCUT2D eigenvalue weighted by atomic mass is 32.2. The van der Waals surface area contributed by atoms with Crippen LogP contribution in [0, 0.1) is 4.78 Å². The zero-order valence-corrected chi connectivity index (χ0v) is 17.8. The highest BCUT2D eigenvalue weighted by Gasteiger charge is 2.19. The number of aryl methyl sites for hydroxylation is 1. The fourth-order valence-electron chi connectivity index (χ4n) is 3.47. The molecule has 0 spiro atoms. The average molecular weight is 428 g/mol. The molecule has 0 amide bonds. The van der Waals surface area contributed by atoms with Crippen LogP contribution in [0.3, 0.4) is 0 Å². The quantitative estimate of drug-likeness (QED) is 0.546. The number of rotatable bonds is 6. The van der Waals surface area contributed by atoms with Gasteiger partial charge in [-0.3, -0.25) is 0 Å². The van der Waals surface area contributed by atoms with Gasteiger partial charge in [0, 0.05) is 29.1 Å². The van der Waals surface area contributed by atoms with Gasteiger partial charge in [0.15, 0.2) is 0 Å². The van der Waals surface area contributed by atoms with E-state index in [-0.39, 0.29) is 0 Å². The normalized spacial score (nSPS) is 16.7. The van der Waals surface area contributed by atoms with Gasteiger partial charge in [-0.15, -0.1) is 10.2 Å². The molecule has 1 aliphatic carbocycles. The topological polar surface area (TPSA) is 134 Å². The highest BCUT2D eigenvalue weighted by Crippen LogP contribution is 2.28. The van der Waals surface area contributed by atoms with Gasteiger partial charge in [-0.25, -0.2) is 14.0 Å². The first-order valence-electron chi connectivity index (χ1n) is 9.87. The van der Waals surface area contributed by atoms with E-state index in [1.54, 1.807) is 37.5 Å². The average Bonchev–Trinajstić information content (AvgIpc) is 3.15. The van der Waals surface area contributed by atoms with Crippen LogP contribution in [0.5, 0.6) is 0 Å². The van der Waals surface area contributed by atoms with Gasteiger partial charge in [-0.2, -0.15) is 9.78 Å². The maximum Gasteiger partial charge on any atom is 0.229 e. The molecule has 3 aromatic rings. The van der Waals surface area contributed by atoms with Gasteiger partial charge in [0.2, 0.25) is 11.8 Å². The second-order valence-electron chi connectivity index (χ2n) is 7.53. The number of hydrogen-bond donors (Lipinski definition) is 3. The molecule has 0 radical (unpaired) electrons. The number of aromatic nitrogens is 6. The molecule has 1 aliphatic rings. The second-order valence-corrected chi connectivity index (χ2v) is 9.69. The predicted octanol–water partition coefficient (Wildman–Crippen LogP) is 3.19. The summed E-state index contributed by atoms with van der Waals surface area (Å²) in [5, 5.41) is 19.0. The molecule has 2 aromatic heterocycles. The molecule has 10 nitrogen and oxygen atoms in total. The minimum absolute atomic E-state index is 0.353. The minimum Gasteiger partial charge on any atom is -0.367 e. The van der Waals surface area contributed by atoms with Crippen LogP contribution in [-0.2, 0) is 16.8 Å². The maximum absolute atomic E-state index is 11.9. The lowest BCUT2D eigenvalue weighted by Gasteiger charge is -2.24. The van der Waals surface area contributed by atoms with E-state index in [0.717, 1.165) is 18.5 Å². The molecule has 4 rings (SSSR count). The number of nitrogens with zero attached hydrogens (tertiary/aromatic N) is 6. The summed E-state index contributed by atoms with van der Waals surface area (Å²) in [7, 11) is -1.02. The lowest BCUT2D eigenvalue weighted by Crippen LogP contribution is -2.23. The van der Waals surface area contributed by atoms with Crippen molar-refractivity contribution < 1.29 is 4.21 Å². The van der Waals surface area contributed by atoms with Crippen molar-refractivity contribution in [2.24, 2.45) is 7.05 Å². The molecule has 1 atom stereocenters. The van der Waals surface area contributed by atoms with Crippen LogP contribution in [0.4, 0.5) is 17.5 Å². The smallest absolute Gasteiger partial charge is 0.229 e. The minimum atomic E-state index is -2.74. The number of hydrogen-bond acceptors (Lipinski definition) is 9. The van der Waals surface area contributed by atoms with E-state index in [1.807, 2.05) is 0 Å². The van der Waals surface area contributed by atoms with Crippen molar-refractivity contribution >= 4 is 27.2 Å². The van der Waals surface area contributed by atoms with Crippen molar-refractivity contribution in [2.45, 2.75) is 43.0 Å². The molecule has 11 heteroatoms. The summed E-state index contributed by atoms with van der Waals surface area (Å²) < 4.78 is 19.5. The SMILES string of the molecule is Cn1nnc(-c2cnc(Nc3ccc(S(C)(=N)=O)cc3)nc2NC2CCCCC2)n1. The molecule has 1 fully saturated rings. The van der Waals surface area contributed by atoms with Gasteiger partial charge in [0.05, 0.1) is 22.3 Å². The van der Waals surface area contributed by atoms with Gasteiger partial charge in [0.1, 0.15) is 5.82 Å². The summed E-state index contributed by atoms with van der Waals surface area (Å²) in [5.41, 5.74) is 1.45. The third kappa shape index (κ3) is 4.73. The molecule has 0 bridgehead atoms. The number of nitrogens with one attached hydrogen (secondary N) is 3. The molecule has 1 aromatic carbocycles. The molecule has 2 heterocycles. The summed E-state index contributed by atoms with van der Waals surface area (Å²) in [6.45, 7) is 0. The largest absolute Gasteiger partial charge is 0.367 e. The molecular weight excluding hydrogens is 402 g/mol. The van der Waals surface area contributed by atoms with E-state index >= 15 is 0 Å². The van der Waals surface area contributed by atoms with Crippen LogP contribution < -0.4 is 10.6 Å². The summed E-state index contributed by atoms with van der Waals surface area (Å²) in [6.07, 6.45) is 8.97. The lowest BCUT2D eigenvalue weighted by molar-refractivity contribution is 0.462. The molecule has 0 saturated heterocycles. The summed E-state index contributed by atoms with van der Waals surface area (Å²) in [4.78, 5) is 11.0. The van der Waals surface area contributed by atoms with Gasteiger partial charge >= 0.3 is 0 Å². The van der Waals surface area contributed by atoms with Crippen LogP contribution in [0.15, 0.2) is 35.4 Å². The standard InChI is InChI=1S/C19H25N9OS/c1-28-26-18(25-27-28)16-12-21-19(24-17(16)22-13-6-4-3-5-7-13)23-14-8-10-15(11-9-14)30(2,20)29/h8-13,20H,3-7H2,1-2H3,(H2,21,22,23,24). The van der Waals surface area contributed by atoms with Gasteiger partial charge < -0.3 is 10.6 Å². The Kier molecular flexibility index (Phi) is 5.62. The van der Waals surface area contributed by atoms with Crippen molar-refractivity contribution in [3.8, 4) is 11.4 Å². The molecule has 0 aliphatic heterocycles. The molecule has 1 unspecified atom stereocenters. The maximum atomic E-state index is 11.9. The summed E-state index contributed by atoms with van der Waals surface area (Å²) >= 11 is 0. The van der Waals surface area contributed by atoms with E-state index in [1.165, 1.54) is 30.3 Å². The first-order chi connectivity index (χ1) is 14.4. The van der Waals surface area contributed by atoms with Crippen molar-refractivity contribution in [2.75, 3.05) is 16.9 Å². The van der Waals surface area contributed by atoms with Crippen LogP contribution in [0.2, 0.25) is 0 Å². The molecule has 30 heavy (non-hydrogen) atoms. The van der Waals surface area contributed by atoms with Crippen LogP contribution in [0.1, 0.15) is 32.1 Å². The molecular formula is C19H25N9OS. The Hall–Kier alpha value is -3.08. The lowest BCUT2D eigenvalue weighted by atomic mass is 9.95. The Bertz CT molecular complexity index is 1120. The van der Waals surface area contributed by atoms with Crippen LogP contribution in [0.25, 0.3) is 11.4 Å². The van der Waals surface area contributed by atoms with Crippen molar-refractivity contribution in [1.82, 2.24) is 30.2 Å². The van der Waals surface area contributed by atoms with E-state index < -0.39 is 9.73 Å². The molecule has 158 valence electrons. The van der Waals surface area contributed by atoms with Crippen LogP contribution in [-0.4, -0.2) is 46.7 Å². The highest BCUT2D eigenvalue weighted by molar-refractivity contribution is 7.91. The number of tetrazole rings is 1. The van der Waals surface area contributed by atoms with Crippen LogP contribution >= 0.6 is 0 Å². The number of anilines is 3. The number of benzene rings is 1. The Labute approximate surface area is 175 Å². The van der Waals surface area contributed by atoms with E-state index in [2.05, 4.69) is 36.0 Å². The third-order valence-electron chi connectivity index (χ3n) is 5.04. The first kappa shape index (κ1) is 20.2. The van der Waals surface area contributed by atoms with E-state index in [0.29, 0.717) is 34.1 Å². The van der Waals surface area contributed by atoms with E-state index in [9.17, 15) is 4.21 Å². The zero-order chi connectivity index (χ0) is 21.1. The zero-order valence-electron chi connectivity index (χ0n) is 17.0. The summed E-state index contributed by atoms with van der Waals surface area (Å²) in [6, 6.07) is 7.24. The fourth-order valence-corrected chi connectivity index (χ4v) is 4.13. The van der Waals surface area contributed by atoms with E-state index in [4.69, 9.17) is 4.78 Å². The Balaban J connectivity index is 1.61. The van der Waals surface area contributed by atoms with Gasteiger partial charge in [-0.1, -0.05) is 19.3 Å². The Morgan fingerprint density at radius 1 is 1.17 bits per heavy atom. The van der Waals surface area contributed by atoms with Gasteiger partial charge in [-0.05, 0) is 42.3 Å². The first-order valence-corrected chi connectivity index (χ1v) is 11.8. The van der Waals surface area contributed by atoms with Crippen molar-refractivity contribution in [3.63, 3.8) is 0 Å². The van der Waals surface area contributed by atoms with Crippen molar-refractivity contribution in [3.05, 3.63) is 30.5 Å². The predicted molar refractivity (Wildman–Crippen MR) is 115 cm³/mol. The second kappa shape index (κ2) is 8.34. The van der Waals surface area contributed by atoms with Crippen molar-refractivity contribution in [1.29, 1.82) is 4.78 Å². The summed E-state index contributed by atoms with van der Waals surface area (Å²) in [5.74, 6) is 1.57. The molecule has 1 saturated carbocycles. The molecule has 3 N–H and O–H groups in total. The Morgan fingerprint density at radius 2 is 1.90 bits per heavy atom. The monoisotopic (exact) mass is 427 g/mol. The third-order valence-corrected chi connectivity index (χ3v) is 6.22. The van der Waals surface area contributed by atoms with Gasteiger partial charge in [0.25, 0.3) is 0 Å². The fraction of sp³-hybridized carbons (Fsp3) is 0.421.